The lowest BCUT2D eigenvalue weighted by atomic mass is 10.1. The van der Waals surface area contributed by atoms with Crippen molar-refractivity contribution in [2.24, 2.45) is 5.92 Å². The van der Waals surface area contributed by atoms with Crippen LogP contribution in [-0.2, 0) is 14.3 Å². The molecule has 0 aromatic rings. The molecule has 0 spiro atoms. The molecule has 70 valence electrons. The fourth-order valence-electron chi connectivity index (χ4n) is 0.729. The van der Waals surface area contributed by atoms with Gasteiger partial charge in [0.25, 0.3) is 0 Å². The van der Waals surface area contributed by atoms with Crippen molar-refractivity contribution in [3.05, 3.63) is 0 Å². The molecule has 0 N–H and O–H groups in total. The van der Waals surface area contributed by atoms with Crippen molar-refractivity contribution in [3.8, 4) is 0 Å². The molecule has 0 saturated carbocycles. The van der Waals surface area contributed by atoms with E-state index in [0.717, 1.165) is 0 Å². The Hall–Kier alpha value is -1.06. The number of hydrogen-bond acceptors (Lipinski definition) is 3. The smallest absolute Gasteiger partial charge is 0.308 e. The highest BCUT2D eigenvalue weighted by molar-refractivity contribution is 5.82. The molecule has 1 atom stereocenters. The first-order valence-electron chi connectivity index (χ1n) is 3.77. The maximum absolute atomic E-state index is 11.1. The highest BCUT2D eigenvalue weighted by Gasteiger charge is 2.17. The molecule has 4 nitrogen and oxygen atoms in total. The molecular formula is C8H15NO3. The topological polar surface area (TPSA) is 46.6 Å². The number of amides is 1. The Morgan fingerprint density at radius 2 is 1.92 bits per heavy atom. The molecule has 4 heteroatoms. The van der Waals surface area contributed by atoms with Crippen LogP contribution in [0.1, 0.15) is 13.3 Å². The Kier molecular flexibility index (Phi) is 4.33. The van der Waals surface area contributed by atoms with E-state index in [1.165, 1.54) is 12.0 Å². The number of carbonyl (C=O) groups is 2. The summed E-state index contributed by atoms with van der Waals surface area (Å²) in [6, 6.07) is 0. The molecule has 0 saturated heterocycles. The normalized spacial score (nSPS) is 12.0. The lowest BCUT2D eigenvalue weighted by Crippen LogP contribution is -2.26. The Morgan fingerprint density at radius 1 is 1.42 bits per heavy atom. The van der Waals surface area contributed by atoms with E-state index in [1.807, 2.05) is 0 Å². The van der Waals surface area contributed by atoms with Gasteiger partial charge in [-0.25, -0.2) is 0 Å². The van der Waals surface area contributed by atoms with E-state index >= 15 is 0 Å². The summed E-state index contributed by atoms with van der Waals surface area (Å²) in [5, 5.41) is 0. The summed E-state index contributed by atoms with van der Waals surface area (Å²) < 4.78 is 4.48. The summed E-state index contributed by atoms with van der Waals surface area (Å²) in [5.74, 6) is -0.761. The van der Waals surface area contributed by atoms with Gasteiger partial charge >= 0.3 is 5.97 Å². The second-order valence-corrected chi connectivity index (χ2v) is 2.92. The van der Waals surface area contributed by atoms with Crippen molar-refractivity contribution < 1.29 is 14.3 Å². The van der Waals surface area contributed by atoms with Crippen LogP contribution in [-0.4, -0.2) is 38.0 Å². The van der Waals surface area contributed by atoms with Crippen LogP contribution in [0.15, 0.2) is 0 Å². The lowest BCUT2D eigenvalue weighted by molar-refractivity contribution is -0.147. The molecule has 0 bridgehead atoms. The fraction of sp³-hybridized carbons (Fsp3) is 0.750. The minimum Gasteiger partial charge on any atom is -0.469 e. The molecule has 1 amide bonds. The van der Waals surface area contributed by atoms with Crippen LogP contribution >= 0.6 is 0 Å². The van der Waals surface area contributed by atoms with Gasteiger partial charge in [0.1, 0.15) is 0 Å². The number of esters is 1. The summed E-state index contributed by atoms with van der Waals surface area (Å²) >= 11 is 0. The van der Waals surface area contributed by atoms with Crippen LogP contribution in [0.25, 0.3) is 0 Å². The largest absolute Gasteiger partial charge is 0.469 e. The predicted octanol–water partition coefficient (Wildman–Crippen LogP) is 0.274. The summed E-state index contributed by atoms with van der Waals surface area (Å²) in [7, 11) is 4.64. The lowest BCUT2D eigenvalue weighted by Gasteiger charge is -2.13. The van der Waals surface area contributed by atoms with E-state index in [-0.39, 0.29) is 24.2 Å². The quantitative estimate of drug-likeness (QED) is 0.576. The third-order valence-electron chi connectivity index (χ3n) is 1.58. The molecule has 0 rings (SSSR count). The molecule has 0 aromatic carbocycles. The van der Waals surface area contributed by atoms with E-state index in [2.05, 4.69) is 4.74 Å². The number of nitrogens with zero attached hydrogens (tertiary/aromatic N) is 1. The molecule has 0 radical (unpaired) electrons. The molecule has 0 unspecified atom stereocenters. The molecule has 0 aliphatic carbocycles. The first-order chi connectivity index (χ1) is 5.49. The Bertz CT molecular complexity index is 177. The van der Waals surface area contributed by atoms with Crippen LogP contribution in [0.5, 0.6) is 0 Å². The third kappa shape index (κ3) is 3.37. The van der Waals surface area contributed by atoms with Gasteiger partial charge in [-0.15, -0.1) is 0 Å². The number of rotatable bonds is 3. The van der Waals surface area contributed by atoms with Crippen molar-refractivity contribution in [2.45, 2.75) is 13.3 Å². The zero-order chi connectivity index (χ0) is 9.72. The summed E-state index contributed by atoms with van der Waals surface area (Å²) in [5.41, 5.74) is 0. The van der Waals surface area contributed by atoms with E-state index < -0.39 is 0 Å². The molecule has 12 heavy (non-hydrogen) atoms. The van der Waals surface area contributed by atoms with E-state index in [1.54, 1.807) is 21.0 Å². The molecule has 0 heterocycles. The number of carbonyl (C=O) groups excluding carboxylic acids is 2. The van der Waals surface area contributed by atoms with Gasteiger partial charge in [0.15, 0.2) is 0 Å². The average Bonchev–Trinajstić information content (AvgIpc) is 2.02. The summed E-state index contributed by atoms with van der Waals surface area (Å²) in [6.45, 7) is 1.67. The second-order valence-electron chi connectivity index (χ2n) is 2.92. The monoisotopic (exact) mass is 173 g/mol. The zero-order valence-electron chi connectivity index (χ0n) is 7.96. The van der Waals surface area contributed by atoms with Gasteiger partial charge in [0.2, 0.25) is 5.91 Å². The third-order valence-corrected chi connectivity index (χ3v) is 1.58. The van der Waals surface area contributed by atoms with Crippen LogP contribution < -0.4 is 0 Å². The van der Waals surface area contributed by atoms with Gasteiger partial charge in [-0.3, -0.25) is 9.59 Å². The number of hydrogen-bond donors (Lipinski definition) is 0. The van der Waals surface area contributed by atoms with Gasteiger partial charge in [-0.05, 0) is 0 Å². The van der Waals surface area contributed by atoms with Gasteiger partial charge < -0.3 is 9.64 Å². The van der Waals surface area contributed by atoms with Crippen LogP contribution in [0.2, 0.25) is 0 Å². The Balaban J connectivity index is 3.92. The summed E-state index contributed by atoms with van der Waals surface area (Å²) in [6.07, 6.45) is 0.208. The van der Waals surface area contributed by atoms with Crippen LogP contribution in [0, 0.1) is 5.92 Å². The van der Waals surface area contributed by atoms with Crippen LogP contribution in [0.3, 0.4) is 0 Å². The number of methoxy groups -OCH3 is 1. The van der Waals surface area contributed by atoms with Crippen molar-refractivity contribution in [1.82, 2.24) is 4.90 Å². The van der Waals surface area contributed by atoms with Gasteiger partial charge in [-0.1, -0.05) is 6.92 Å². The molecule has 0 aliphatic rings. The zero-order valence-corrected chi connectivity index (χ0v) is 7.96. The van der Waals surface area contributed by atoms with Crippen LogP contribution in [0.4, 0.5) is 0 Å². The van der Waals surface area contributed by atoms with Gasteiger partial charge in [0, 0.05) is 20.5 Å². The average molecular weight is 173 g/mol. The molecule has 0 aromatic heterocycles. The summed E-state index contributed by atoms with van der Waals surface area (Å²) in [4.78, 5) is 23.4. The fourth-order valence-corrected chi connectivity index (χ4v) is 0.729. The van der Waals surface area contributed by atoms with Gasteiger partial charge in [-0.2, -0.15) is 0 Å². The molecule has 0 aliphatic heterocycles. The van der Waals surface area contributed by atoms with E-state index in [4.69, 9.17) is 0 Å². The Morgan fingerprint density at radius 3 is 2.25 bits per heavy atom. The minimum atomic E-state index is -0.357. The molecule has 0 fully saturated rings. The van der Waals surface area contributed by atoms with Crippen molar-refractivity contribution in [2.75, 3.05) is 21.2 Å². The van der Waals surface area contributed by atoms with Gasteiger partial charge in [0.05, 0.1) is 13.0 Å². The minimum absolute atomic E-state index is 0.0621. The number of ether oxygens (including phenoxy) is 1. The van der Waals surface area contributed by atoms with E-state index in [0.29, 0.717) is 0 Å². The van der Waals surface area contributed by atoms with Crippen molar-refractivity contribution in [3.63, 3.8) is 0 Å². The molecular weight excluding hydrogens is 158 g/mol. The highest BCUT2D eigenvalue weighted by atomic mass is 16.5. The standard InChI is InChI=1S/C8H15NO3/c1-6(8(11)12-4)5-7(10)9(2)3/h6H,5H2,1-4H3/t6-/m1/s1. The maximum Gasteiger partial charge on any atom is 0.308 e. The predicted molar refractivity (Wildman–Crippen MR) is 44.5 cm³/mol. The first kappa shape index (κ1) is 10.9. The Labute approximate surface area is 72.5 Å². The maximum atomic E-state index is 11.1. The van der Waals surface area contributed by atoms with Crippen molar-refractivity contribution in [1.29, 1.82) is 0 Å². The first-order valence-corrected chi connectivity index (χ1v) is 3.77. The van der Waals surface area contributed by atoms with E-state index in [9.17, 15) is 9.59 Å². The highest BCUT2D eigenvalue weighted by Crippen LogP contribution is 2.05. The van der Waals surface area contributed by atoms with Crippen molar-refractivity contribution >= 4 is 11.9 Å². The SMILES string of the molecule is COC(=O)[C@H](C)CC(=O)N(C)C. The second kappa shape index (κ2) is 4.74.